The number of nitrogens with zero attached hydrogens (tertiary/aromatic N) is 2. The first-order valence-electron chi connectivity index (χ1n) is 8.63. The summed E-state index contributed by atoms with van der Waals surface area (Å²) < 4.78 is 15.6. The summed E-state index contributed by atoms with van der Waals surface area (Å²) in [6.07, 6.45) is 1.60. The average Bonchev–Trinajstić information content (AvgIpc) is 3.08. The van der Waals surface area contributed by atoms with Crippen molar-refractivity contribution in [3.05, 3.63) is 33.8 Å². The number of carbonyl (C=O) groups is 2. The molecular formula is C18H20ClN3O6S. The van der Waals surface area contributed by atoms with Crippen molar-refractivity contribution >= 4 is 46.2 Å². The van der Waals surface area contributed by atoms with Crippen molar-refractivity contribution in [1.29, 1.82) is 0 Å². The Kier molecular flexibility index (Phi) is 8.68. The van der Waals surface area contributed by atoms with Crippen LogP contribution in [-0.4, -0.2) is 48.1 Å². The minimum absolute atomic E-state index is 0.0981. The van der Waals surface area contributed by atoms with Crippen molar-refractivity contribution in [3.63, 3.8) is 0 Å². The second-order valence-electron chi connectivity index (χ2n) is 5.44. The van der Waals surface area contributed by atoms with Gasteiger partial charge in [-0.15, -0.1) is 11.3 Å². The first-order valence-corrected chi connectivity index (χ1v) is 9.88. The van der Waals surface area contributed by atoms with E-state index >= 15 is 0 Å². The molecule has 2 aromatic rings. The predicted octanol–water partition coefficient (Wildman–Crippen LogP) is 3.21. The smallest absolute Gasteiger partial charge is 0.341 e. The van der Waals surface area contributed by atoms with Gasteiger partial charge in [-0.2, -0.15) is 5.10 Å². The van der Waals surface area contributed by atoms with Crippen LogP contribution < -0.4 is 14.9 Å². The maximum absolute atomic E-state index is 11.5. The van der Waals surface area contributed by atoms with Gasteiger partial charge in [-0.3, -0.25) is 10.2 Å². The Balaban J connectivity index is 2.05. The molecule has 2 N–H and O–H groups in total. The number of aromatic nitrogens is 1. The van der Waals surface area contributed by atoms with Gasteiger partial charge in [0.1, 0.15) is 0 Å². The van der Waals surface area contributed by atoms with Crippen molar-refractivity contribution < 1.29 is 28.9 Å². The molecule has 0 aliphatic heterocycles. The monoisotopic (exact) mass is 441 g/mol. The lowest BCUT2D eigenvalue weighted by Gasteiger charge is -2.13. The minimum Gasteiger partial charge on any atom is -0.490 e. The van der Waals surface area contributed by atoms with Crippen LogP contribution in [0.15, 0.2) is 22.6 Å². The molecule has 29 heavy (non-hydrogen) atoms. The molecule has 0 unspecified atom stereocenters. The zero-order valence-electron chi connectivity index (χ0n) is 15.8. The number of nitrogens with one attached hydrogen (secondary N) is 1. The summed E-state index contributed by atoms with van der Waals surface area (Å²) in [6, 6.07) is 3.20. The molecule has 0 aliphatic rings. The SMILES string of the molecule is CCOC(=O)Cc1csc(NN=Cc2cc(Cl)c(OCC(=O)O)c(OCC)c2)n1. The molecule has 0 atom stereocenters. The number of hydrogen-bond acceptors (Lipinski definition) is 9. The van der Waals surface area contributed by atoms with Crippen LogP contribution in [0.5, 0.6) is 11.5 Å². The summed E-state index contributed by atoms with van der Waals surface area (Å²) in [5, 5.41) is 15.3. The number of hydrogen-bond donors (Lipinski definition) is 2. The fourth-order valence-electron chi connectivity index (χ4n) is 2.16. The highest BCUT2D eigenvalue weighted by molar-refractivity contribution is 7.13. The Bertz CT molecular complexity index is 886. The lowest BCUT2D eigenvalue weighted by Crippen LogP contribution is -2.11. The van der Waals surface area contributed by atoms with E-state index < -0.39 is 12.6 Å². The molecule has 2 rings (SSSR count). The van der Waals surface area contributed by atoms with E-state index in [0.717, 1.165) is 0 Å². The summed E-state index contributed by atoms with van der Waals surface area (Å²) in [6.45, 7) is 3.67. The molecule has 156 valence electrons. The third-order valence-electron chi connectivity index (χ3n) is 3.23. The number of anilines is 1. The summed E-state index contributed by atoms with van der Waals surface area (Å²) in [5.74, 6) is -0.987. The molecule has 0 fully saturated rings. The second kappa shape index (κ2) is 11.2. The van der Waals surface area contributed by atoms with Gasteiger partial charge >= 0.3 is 11.9 Å². The maximum Gasteiger partial charge on any atom is 0.341 e. The molecule has 0 aliphatic carbocycles. The van der Waals surface area contributed by atoms with Gasteiger partial charge < -0.3 is 19.3 Å². The Morgan fingerprint density at radius 1 is 1.31 bits per heavy atom. The largest absolute Gasteiger partial charge is 0.490 e. The van der Waals surface area contributed by atoms with Crippen molar-refractivity contribution in [3.8, 4) is 11.5 Å². The first kappa shape index (κ1) is 22.4. The maximum atomic E-state index is 11.5. The molecule has 11 heteroatoms. The Hall–Kier alpha value is -2.85. The van der Waals surface area contributed by atoms with Crippen LogP contribution in [0.4, 0.5) is 5.13 Å². The predicted molar refractivity (Wildman–Crippen MR) is 109 cm³/mol. The molecular weight excluding hydrogens is 422 g/mol. The molecule has 0 amide bonds. The molecule has 0 saturated heterocycles. The van der Waals surface area contributed by atoms with E-state index in [1.807, 2.05) is 0 Å². The van der Waals surface area contributed by atoms with Crippen LogP contribution in [0, 0.1) is 0 Å². The summed E-state index contributed by atoms with van der Waals surface area (Å²) >= 11 is 7.49. The number of carboxylic acids is 1. The van der Waals surface area contributed by atoms with Crippen LogP contribution in [0.25, 0.3) is 0 Å². The molecule has 0 bridgehead atoms. The number of hydrazone groups is 1. The van der Waals surface area contributed by atoms with Crippen molar-refractivity contribution in [2.24, 2.45) is 5.10 Å². The molecule has 0 radical (unpaired) electrons. The van der Waals surface area contributed by atoms with Crippen molar-refractivity contribution in [1.82, 2.24) is 4.98 Å². The average molecular weight is 442 g/mol. The highest BCUT2D eigenvalue weighted by Gasteiger charge is 2.14. The zero-order valence-corrected chi connectivity index (χ0v) is 17.4. The molecule has 0 saturated carbocycles. The van der Waals surface area contributed by atoms with E-state index in [1.165, 1.54) is 17.6 Å². The van der Waals surface area contributed by atoms with E-state index in [0.29, 0.717) is 35.4 Å². The lowest BCUT2D eigenvalue weighted by atomic mass is 10.2. The normalized spacial score (nSPS) is 10.7. The van der Waals surface area contributed by atoms with Crippen LogP contribution in [-0.2, 0) is 20.7 Å². The zero-order chi connectivity index (χ0) is 21.2. The van der Waals surface area contributed by atoms with Gasteiger partial charge in [-0.25, -0.2) is 9.78 Å². The van der Waals surface area contributed by atoms with Gasteiger partial charge in [0.2, 0.25) is 5.13 Å². The topological polar surface area (TPSA) is 119 Å². The molecule has 0 spiro atoms. The fourth-order valence-corrected chi connectivity index (χ4v) is 3.09. The summed E-state index contributed by atoms with van der Waals surface area (Å²) in [5.41, 5.74) is 3.98. The van der Waals surface area contributed by atoms with Crippen LogP contribution in [0.1, 0.15) is 25.1 Å². The number of carbonyl (C=O) groups excluding carboxylic acids is 1. The third-order valence-corrected chi connectivity index (χ3v) is 4.30. The minimum atomic E-state index is -1.12. The third kappa shape index (κ3) is 7.24. The highest BCUT2D eigenvalue weighted by atomic mass is 35.5. The number of carboxylic acid groups (broad SMARTS) is 1. The molecule has 1 aromatic heterocycles. The highest BCUT2D eigenvalue weighted by Crippen LogP contribution is 2.36. The Morgan fingerprint density at radius 2 is 2.10 bits per heavy atom. The van der Waals surface area contributed by atoms with Crippen LogP contribution in [0.3, 0.4) is 0 Å². The van der Waals surface area contributed by atoms with E-state index in [2.05, 4.69) is 15.5 Å². The van der Waals surface area contributed by atoms with Gasteiger partial charge in [0.15, 0.2) is 18.1 Å². The second-order valence-corrected chi connectivity index (χ2v) is 6.71. The Labute approximate surface area is 176 Å². The number of benzene rings is 1. The molecule has 1 aromatic carbocycles. The van der Waals surface area contributed by atoms with Gasteiger partial charge in [-0.1, -0.05) is 11.6 Å². The van der Waals surface area contributed by atoms with Gasteiger partial charge in [0, 0.05) is 5.38 Å². The lowest BCUT2D eigenvalue weighted by molar-refractivity contribution is -0.142. The van der Waals surface area contributed by atoms with Gasteiger partial charge in [0.05, 0.1) is 36.6 Å². The number of aliphatic carboxylic acids is 1. The van der Waals surface area contributed by atoms with E-state index in [-0.39, 0.29) is 23.2 Å². The van der Waals surface area contributed by atoms with Gasteiger partial charge in [0.25, 0.3) is 0 Å². The molecule has 1 heterocycles. The van der Waals surface area contributed by atoms with E-state index in [1.54, 1.807) is 31.4 Å². The number of halogens is 1. The van der Waals surface area contributed by atoms with Gasteiger partial charge in [-0.05, 0) is 31.5 Å². The Morgan fingerprint density at radius 3 is 2.79 bits per heavy atom. The fraction of sp³-hybridized carbons (Fsp3) is 0.333. The van der Waals surface area contributed by atoms with Crippen LogP contribution >= 0.6 is 22.9 Å². The van der Waals surface area contributed by atoms with Crippen LogP contribution in [0.2, 0.25) is 5.02 Å². The van der Waals surface area contributed by atoms with Crippen molar-refractivity contribution in [2.45, 2.75) is 20.3 Å². The first-order chi connectivity index (χ1) is 13.9. The van der Waals surface area contributed by atoms with Crippen molar-refractivity contribution in [2.75, 3.05) is 25.2 Å². The number of ether oxygens (including phenoxy) is 3. The standard InChI is InChI=1S/C18H20ClN3O6S/c1-3-26-14-6-11(5-13(19)17(14)28-9-15(23)24)8-20-22-18-21-12(10-29-18)7-16(25)27-4-2/h5-6,8,10H,3-4,7,9H2,1-2H3,(H,21,22)(H,23,24). The van der Waals surface area contributed by atoms with E-state index in [4.69, 9.17) is 30.9 Å². The number of rotatable bonds is 11. The number of thiazole rings is 1. The molecule has 9 nitrogen and oxygen atoms in total. The quantitative estimate of drug-likeness (QED) is 0.310. The van der Waals surface area contributed by atoms with E-state index in [9.17, 15) is 9.59 Å². The number of esters is 1. The summed E-state index contributed by atoms with van der Waals surface area (Å²) in [4.78, 5) is 26.4. The summed E-state index contributed by atoms with van der Waals surface area (Å²) in [7, 11) is 0.